The first-order valence-corrected chi connectivity index (χ1v) is 7.05. The molecule has 0 radical (unpaired) electrons. The van der Waals surface area contributed by atoms with Crippen LogP contribution < -0.4 is 5.32 Å². The van der Waals surface area contributed by atoms with Gasteiger partial charge in [-0.3, -0.25) is 4.90 Å². The third-order valence-electron chi connectivity index (χ3n) is 3.97. The van der Waals surface area contributed by atoms with E-state index in [1.807, 2.05) is 6.92 Å². The molecule has 0 amide bonds. The van der Waals surface area contributed by atoms with Crippen LogP contribution in [0.2, 0.25) is 0 Å². The maximum Gasteiger partial charge on any atom is 0.122 e. The minimum Gasteiger partial charge on any atom is -0.313 e. The van der Waals surface area contributed by atoms with Crippen molar-refractivity contribution in [3.05, 3.63) is 11.4 Å². The summed E-state index contributed by atoms with van der Waals surface area (Å²) in [5.41, 5.74) is 1.92. The second kappa shape index (κ2) is 5.36. The zero-order valence-electron chi connectivity index (χ0n) is 11.1. The molecule has 1 aliphatic heterocycles. The van der Waals surface area contributed by atoms with Gasteiger partial charge >= 0.3 is 0 Å². The van der Waals surface area contributed by atoms with Crippen LogP contribution in [-0.4, -0.2) is 40.9 Å². The minimum absolute atomic E-state index is 0.656. The number of aromatic nitrogens is 2. The largest absolute Gasteiger partial charge is 0.313 e. The van der Waals surface area contributed by atoms with E-state index in [-0.39, 0.29) is 0 Å². The molecular weight excluding hydrogens is 228 g/mol. The van der Waals surface area contributed by atoms with Crippen molar-refractivity contribution in [3.63, 3.8) is 0 Å². The Balaban J connectivity index is 1.59. The number of hydrogen-bond donors (Lipinski definition) is 1. The lowest BCUT2D eigenvalue weighted by molar-refractivity contribution is 0.222. The fourth-order valence-corrected chi connectivity index (χ4v) is 2.70. The van der Waals surface area contributed by atoms with Gasteiger partial charge in [-0.05, 0) is 45.1 Å². The quantitative estimate of drug-likeness (QED) is 0.825. The molecule has 5 heteroatoms. The third-order valence-corrected chi connectivity index (χ3v) is 3.97. The lowest BCUT2D eigenvalue weighted by atomic mass is 10.2. The summed E-state index contributed by atoms with van der Waals surface area (Å²) in [5, 5.41) is 11.5. The van der Waals surface area contributed by atoms with E-state index in [2.05, 4.69) is 20.5 Å². The lowest BCUT2D eigenvalue weighted by Crippen LogP contribution is -2.38. The summed E-state index contributed by atoms with van der Waals surface area (Å²) in [4.78, 5) is 2.52. The predicted molar refractivity (Wildman–Crippen MR) is 68.1 cm³/mol. The Bertz CT molecular complexity index is 382. The highest BCUT2D eigenvalue weighted by Gasteiger charge is 2.27. The summed E-state index contributed by atoms with van der Waals surface area (Å²) < 4.78 is 4.79. The molecule has 1 aliphatic carbocycles. The molecule has 1 atom stereocenters. The molecule has 2 heterocycles. The van der Waals surface area contributed by atoms with E-state index >= 15 is 0 Å². The molecule has 2 fully saturated rings. The Morgan fingerprint density at radius 3 is 2.78 bits per heavy atom. The summed E-state index contributed by atoms with van der Waals surface area (Å²) in [6, 6.07) is 0.656. The van der Waals surface area contributed by atoms with E-state index in [4.69, 9.17) is 4.63 Å². The summed E-state index contributed by atoms with van der Waals surface area (Å²) in [6.07, 6.45) is 5.40. The van der Waals surface area contributed by atoms with Gasteiger partial charge in [-0.2, -0.15) is 0 Å². The van der Waals surface area contributed by atoms with Crippen molar-refractivity contribution in [2.75, 3.05) is 19.6 Å². The van der Waals surface area contributed by atoms with E-state index in [9.17, 15) is 0 Å². The molecule has 18 heavy (non-hydrogen) atoms. The van der Waals surface area contributed by atoms with E-state index in [1.165, 1.54) is 38.8 Å². The Morgan fingerprint density at radius 2 is 2.17 bits per heavy atom. The van der Waals surface area contributed by atoms with Crippen LogP contribution in [0.1, 0.15) is 37.1 Å². The second-order valence-electron chi connectivity index (χ2n) is 5.73. The molecular formula is C13H22N4O. The van der Waals surface area contributed by atoms with Gasteiger partial charge in [0.25, 0.3) is 0 Å². The number of rotatable bonds is 6. The fourth-order valence-electron chi connectivity index (χ4n) is 2.70. The Morgan fingerprint density at radius 1 is 1.28 bits per heavy atom. The van der Waals surface area contributed by atoms with Crippen LogP contribution in [0.4, 0.5) is 0 Å². The highest BCUT2D eigenvalue weighted by molar-refractivity contribution is 5.04. The van der Waals surface area contributed by atoms with Crippen LogP contribution in [0.5, 0.6) is 0 Å². The monoisotopic (exact) mass is 250 g/mol. The highest BCUT2D eigenvalue weighted by atomic mass is 16.6. The van der Waals surface area contributed by atoms with Crippen molar-refractivity contribution in [3.8, 4) is 0 Å². The molecule has 0 spiro atoms. The molecule has 100 valence electrons. The molecule has 1 saturated heterocycles. The average molecular weight is 250 g/mol. The number of aryl methyl sites for hydroxylation is 1. The average Bonchev–Trinajstić information content (AvgIpc) is 2.84. The first-order valence-electron chi connectivity index (χ1n) is 7.05. The van der Waals surface area contributed by atoms with Gasteiger partial charge in [0.15, 0.2) is 0 Å². The number of nitrogens with one attached hydrogen (secondary N) is 1. The van der Waals surface area contributed by atoms with Gasteiger partial charge in [0, 0.05) is 25.7 Å². The highest BCUT2D eigenvalue weighted by Crippen LogP contribution is 2.30. The van der Waals surface area contributed by atoms with Gasteiger partial charge in [0.1, 0.15) is 11.4 Å². The van der Waals surface area contributed by atoms with Gasteiger partial charge in [-0.25, -0.2) is 4.63 Å². The Labute approximate surface area is 108 Å². The first-order chi connectivity index (χ1) is 8.81. The van der Waals surface area contributed by atoms with E-state index in [0.29, 0.717) is 6.04 Å². The molecule has 0 bridgehead atoms. The van der Waals surface area contributed by atoms with Crippen LogP contribution in [0.25, 0.3) is 0 Å². The molecule has 2 aliphatic rings. The molecule has 3 rings (SSSR count). The van der Waals surface area contributed by atoms with E-state index in [0.717, 1.165) is 30.4 Å². The summed E-state index contributed by atoms with van der Waals surface area (Å²) in [5.74, 6) is 0.909. The summed E-state index contributed by atoms with van der Waals surface area (Å²) in [7, 11) is 0. The summed E-state index contributed by atoms with van der Waals surface area (Å²) in [6.45, 7) is 6.35. The molecule has 1 aromatic heterocycles. The maximum absolute atomic E-state index is 4.79. The second-order valence-corrected chi connectivity index (χ2v) is 5.73. The van der Waals surface area contributed by atoms with Gasteiger partial charge in [0.05, 0.1) is 0 Å². The van der Waals surface area contributed by atoms with Crippen molar-refractivity contribution in [1.29, 1.82) is 0 Å². The smallest absolute Gasteiger partial charge is 0.122 e. The maximum atomic E-state index is 4.79. The molecule has 0 aromatic carbocycles. The van der Waals surface area contributed by atoms with Gasteiger partial charge < -0.3 is 5.32 Å². The molecule has 1 N–H and O–H groups in total. The van der Waals surface area contributed by atoms with Crippen molar-refractivity contribution in [1.82, 2.24) is 20.5 Å². The van der Waals surface area contributed by atoms with Crippen LogP contribution >= 0.6 is 0 Å². The topological polar surface area (TPSA) is 54.2 Å². The third kappa shape index (κ3) is 3.09. The summed E-state index contributed by atoms with van der Waals surface area (Å²) >= 11 is 0. The predicted octanol–water partition coefficient (Wildman–Crippen LogP) is 1.34. The van der Waals surface area contributed by atoms with Gasteiger partial charge in [0.2, 0.25) is 0 Å². The van der Waals surface area contributed by atoms with Crippen molar-refractivity contribution < 1.29 is 4.63 Å². The molecule has 1 unspecified atom stereocenters. The van der Waals surface area contributed by atoms with Crippen LogP contribution in [-0.2, 0) is 6.54 Å². The lowest BCUT2D eigenvalue weighted by Gasteiger charge is -2.24. The fraction of sp³-hybridized carbons (Fsp3) is 0.846. The van der Waals surface area contributed by atoms with Crippen molar-refractivity contribution in [2.24, 2.45) is 5.92 Å². The van der Waals surface area contributed by atoms with Crippen molar-refractivity contribution in [2.45, 2.75) is 45.2 Å². The normalized spacial score (nSPS) is 24.0. The Hall–Kier alpha value is -0.940. The van der Waals surface area contributed by atoms with Crippen molar-refractivity contribution >= 4 is 0 Å². The number of hydrogen-bond acceptors (Lipinski definition) is 5. The van der Waals surface area contributed by atoms with Gasteiger partial charge in [-0.1, -0.05) is 10.3 Å². The first kappa shape index (κ1) is 12.1. The molecule has 1 saturated carbocycles. The zero-order valence-corrected chi connectivity index (χ0v) is 11.1. The van der Waals surface area contributed by atoms with Crippen LogP contribution in [0.3, 0.4) is 0 Å². The Kier molecular flexibility index (Phi) is 3.61. The number of nitrogens with zero attached hydrogens (tertiary/aromatic N) is 3. The minimum atomic E-state index is 0.656. The van der Waals surface area contributed by atoms with Crippen LogP contribution in [0, 0.1) is 12.8 Å². The standard InChI is InChI=1S/C13H22N4O/c1-10-13(16-18-15-10)9-17(7-11-4-5-11)8-12-3-2-6-14-12/h11-12,14H,2-9H2,1H3. The van der Waals surface area contributed by atoms with E-state index in [1.54, 1.807) is 0 Å². The SMILES string of the molecule is Cc1nonc1CN(CC1CC1)CC1CCCN1. The van der Waals surface area contributed by atoms with E-state index < -0.39 is 0 Å². The van der Waals surface area contributed by atoms with Crippen LogP contribution in [0.15, 0.2) is 4.63 Å². The molecule has 5 nitrogen and oxygen atoms in total. The molecule has 1 aromatic rings. The zero-order chi connectivity index (χ0) is 12.4. The van der Waals surface area contributed by atoms with Gasteiger partial charge in [-0.15, -0.1) is 0 Å².